The van der Waals surface area contributed by atoms with Gasteiger partial charge in [-0.05, 0) is 6.92 Å². The summed E-state index contributed by atoms with van der Waals surface area (Å²) in [6.07, 6.45) is 0. The molecule has 0 aromatic carbocycles. The number of carbonyl (C=O) groups is 1. The van der Waals surface area contributed by atoms with Gasteiger partial charge in [0, 0.05) is 20.0 Å². The fraction of sp³-hybridized carbons (Fsp3) is 0.750. The number of hydrazine groups is 1. The summed E-state index contributed by atoms with van der Waals surface area (Å²) in [7, 11) is 9.96. The first-order valence-corrected chi connectivity index (χ1v) is 6.46. The maximum atomic E-state index is 11.9. The molecule has 0 fully saturated rings. The molecule has 9 nitrogen and oxygen atoms in total. The molecule has 9 heteroatoms. The van der Waals surface area contributed by atoms with E-state index in [0.29, 0.717) is 0 Å². The fourth-order valence-electron chi connectivity index (χ4n) is 1.75. The monoisotopic (exact) mass is 302 g/mol. The maximum absolute atomic E-state index is 11.9. The van der Waals surface area contributed by atoms with Crippen LogP contribution in [-0.2, 0) is 4.79 Å². The molecule has 0 aromatic heterocycles. The quantitative estimate of drug-likeness (QED) is 0.236. The van der Waals surface area contributed by atoms with Gasteiger partial charge in [0.1, 0.15) is 6.54 Å². The summed E-state index contributed by atoms with van der Waals surface area (Å²) in [5, 5.41) is 32.2. The molecule has 21 heavy (non-hydrogen) atoms. The van der Waals surface area contributed by atoms with Crippen molar-refractivity contribution in [1.29, 1.82) is 0 Å². The lowest BCUT2D eigenvalue weighted by molar-refractivity contribution is -0.900. The van der Waals surface area contributed by atoms with Gasteiger partial charge in [-0.15, -0.1) is 5.10 Å². The Balaban J connectivity index is 4.80. The van der Waals surface area contributed by atoms with Crippen molar-refractivity contribution in [2.75, 3.05) is 55.4 Å². The predicted molar refractivity (Wildman–Crippen MR) is 76.3 cm³/mol. The van der Waals surface area contributed by atoms with E-state index in [9.17, 15) is 15.0 Å². The van der Waals surface area contributed by atoms with E-state index in [-0.39, 0.29) is 34.1 Å². The van der Waals surface area contributed by atoms with E-state index < -0.39 is 5.90 Å². The van der Waals surface area contributed by atoms with Crippen molar-refractivity contribution in [3.05, 3.63) is 0 Å². The Labute approximate surface area is 125 Å². The topological polar surface area (TPSA) is 103 Å². The highest BCUT2D eigenvalue weighted by molar-refractivity contribution is 5.77. The molecular weight excluding hydrogens is 276 g/mol. The number of nitrogens with one attached hydrogen (secondary N) is 1. The molecule has 0 spiro atoms. The van der Waals surface area contributed by atoms with Crippen LogP contribution >= 0.6 is 0 Å². The van der Waals surface area contributed by atoms with E-state index >= 15 is 0 Å². The lowest BCUT2D eigenvalue weighted by Crippen LogP contribution is -2.50. The molecule has 0 saturated heterocycles. The molecule has 122 valence electrons. The Kier molecular flexibility index (Phi) is 6.74. The maximum Gasteiger partial charge on any atom is 0.291 e. The normalized spacial score (nSPS) is 14.5. The second-order valence-corrected chi connectivity index (χ2v) is 6.10. The van der Waals surface area contributed by atoms with Gasteiger partial charge in [0.05, 0.1) is 34.1 Å². The molecule has 0 rings (SSSR count). The second kappa shape index (κ2) is 7.34. The van der Waals surface area contributed by atoms with Gasteiger partial charge in [0.15, 0.2) is 6.54 Å². The van der Waals surface area contributed by atoms with Crippen molar-refractivity contribution in [1.82, 2.24) is 10.4 Å². The van der Waals surface area contributed by atoms with E-state index in [1.807, 2.05) is 0 Å². The van der Waals surface area contributed by atoms with Gasteiger partial charge < -0.3 is 10.2 Å². The number of hydrogen-bond donors (Lipinski definition) is 1. The third-order valence-corrected chi connectivity index (χ3v) is 2.19. The highest BCUT2D eigenvalue weighted by atomic mass is 16.3. The van der Waals surface area contributed by atoms with Crippen LogP contribution in [0.4, 0.5) is 0 Å². The van der Waals surface area contributed by atoms with E-state index in [0.717, 1.165) is 0 Å². The summed E-state index contributed by atoms with van der Waals surface area (Å²) in [5.74, 6) is -1.02. The van der Waals surface area contributed by atoms with E-state index in [1.54, 1.807) is 42.3 Å². The molecule has 0 saturated carbocycles. The molecule has 0 radical (unpaired) electrons. The Morgan fingerprint density at radius 2 is 1.52 bits per heavy atom. The van der Waals surface area contributed by atoms with E-state index in [4.69, 9.17) is 0 Å². The van der Waals surface area contributed by atoms with Crippen LogP contribution in [0, 0.1) is 0 Å². The Morgan fingerprint density at radius 1 is 1.05 bits per heavy atom. The number of amides is 1. The zero-order valence-electron chi connectivity index (χ0n) is 13.9. The smallest absolute Gasteiger partial charge is 0.291 e. The van der Waals surface area contributed by atoms with Crippen LogP contribution in [-0.4, -0.2) is 87.3 Å². The first-order chi connectivity index (χ1) is 9.33. The van der Waals surface area contributed by atoms with Crippen molar-refractivity contribution in [3.63, 3.8) is 0 Å². The first kappa shape index (κ1) is 19.3. The molecule has 0 atom stereocenters. The Hall–Kier alpha value is -1.71. The van der Waals surface area contributed by atoms with Crippen molar-refractivity contribution in [2.45, 2.75) is 6.92 Å². The van der Waals surface area contributed by atoms with Crippen LogP contribution in [0.1, 0.15) is 6.92 Å². The zero-order valence-corrected chi connectivity index (χ0v) is 13.9. The van der Waals surface area contributed by atoms with Gasteiger partial charge in [-0.2, -0.15) is 9.18 Å². The van der Waals surface area contributed by atoms with Crippen molar-refractivity contribution < 1.29 is 24.2 Å². The lowest BCUT2D eigenvalue weighted by Gasteiger charge is -2.29. The minimum Gasteiger partial charge on any atom is -0.858 e. The van der Waals surface area contributed by atoms with E-state index in [1.165, 1.54) is 11.9 Å². The number of carbonyl (C=O) groups excluding carboxylic acids is 1. The van der Waals surface area contributed by atoms with Crippen molar-refractivity contribution in [3.8, 4) is 0 Å². The van der Waals surface area contributed by atoms with Crippen LogP contribution in [0.15, 0.2) is 10.2 Å². The number of hydrogen-bond acceptors (Lipinski definition) is 6. The first-order valence-electron chi connectivity index (χ1n) is 6.46. The summed E-state index contributed by atoms with van der Waals surface area (Å²) in [5.41, 5.74) is 2.59. The summed E-state index contributed by atoms with van der Waals surface area (Å²) in [6.45, 7) is 1.31. The molecule has 0 bridgehead atoms. The average molecular weight is 302 g/mol. The van der Waals surface area contributed by atoms with Crippen molar-refractivity contribution >= 4 is 17.7 Å². The Bertz CT molecular complexity index is 425. The molecule has 0 aliphatic carbocycles. The minimum atomic E-state index is -0.423. The molecule has 1 N–H and O–H groups in total. The number of quaternary nitrogens is 2. The van der Waals surface area contributed by atoms with E-state index in [2.05, 4.69) is 15.6 Å². The molecule has 0 heterocycles. The molecular formula is C12H26N6O3. The van der Waals surface area contributed by atoms with Crippen LogP contribution in [0.2, 0.25) is 0 Å². The van der Waals surface area contributed by atoms with Gasteiger partial charge in [-0.25, -0.2) is 5.01 Å². The number of nitrogens with zero attached hydrogens (tertiary/aromatic N) is 5. The van der Waals surface area contributed by atoms with Crippen LogP contribution in [0.3, 0.4) is 0 Å². The average Bonchev–Trinajstić information content (AvgIpc) is 2.07. The largest absolute Gasteiger partial charge is 0.858 e. The van der Waals surface area contributed by atoms with Gasteiger partial charge >= 0.3 is 0 Å². The third-order valence-electron chi connectivity index (χ3n) is 2.19. The highest BCUT2D eigenvalue weighted by Crippen LogP contribution is 2.02. The van der Waals surface area contributed by atoms with Gasteiger partial charge in [-0.1, -0.05) is 5.10 Å². The van der Waals surface area contributed by atoms with Gasteiger partial charge in [0.25, 0.3) is 5.91 Å². The van der Waals surface area contributed by atoms with Crippen LogP contribution < -0.4 is 15.6 Å². The highest BCUT2D eigenvalue weighted by Gasteiger charge is 2.22. The third kappa shape index (κ3) is 9.77. The van der Waals surface area contributed by atoms with Crippen LogP contribution in [0.25, 0.3) is 0 Å². The molecule has 0 unspecified atom stereocenters. The second-order valence-electron chi connectivity index (χ2n) is 6.10. The molecule has 0 aliphatic rings. The summed E-state index contributed by atoms with van der Waals surface area (Å²) >= 11 is 0. The number of rotatable bonds is 7. The molecule has 0 aromatic rings. The Morgan fingerprint density at radius 3 is 1.95 bits per heavy atom. The minimum absolute atomic E-state index is 0.0290. The summed E-state index contributed by atoms with van der Waals surface area (Å²) in [4.78, 5) is 11.7. The summed E-state index contributed by atoms with van der Waals surface area (Å²) in [6, 6.07) is 0. The predicted octanol–water partition coefficient (Wildman–Crippen LogP) is -2.90. The van der Waals surface area contributed by atoms with Gasteiger partial charge in [-0.3, -0.25) is 10.2 Å². The molecule has 0 aliphatic heterocycles. The lowest BCUT2D eigenvalue weighted by atomic mass is 10.5. The fourth-order valence-corrected chi connectivity index (χ4v) is 1.75. The number of likely N-dealkylation sites (N-methyl/N-ethyl adjacent to an activating group) is 2. The van der Waals surface area contributed by atoms with Crippen LogP contribution in [0.5, 0.6) is 0 Å². The molecule has 1 amide bonds. The van der Waals surface area contributed by atoms with Crippen molar-refractivity contribution in [2.24, 2.45) is 10.2 Å². The van der Waals surface area contributed by atoms with Gasteiger partial charge in [0.2, 0.25) is 0 Å². The standard InChI is InChI=1S/C12H26N6O3/c1-10(19)14-17(4,5)9-12(21)15-18(6,7)8-11(20)13-16(2)3/h8-9H2,1-7H3,(H-2,13,14,15,19,20,21). The zero-order chi connectivity index (χ0) is 16.8. The SMILES string of the molecule is C/C([O-])=N/[N+](C)(C)C/C([O-])=N/[N+](C)(C)CC(=O)NN(C)C. The summed E-state index contributed by atoms with van der Waals surface area (Å²) < 4.78 is -0.250.